The molecule has 0 amide bonds. The van der Waals surface area contributed by atoms with E-state index < -0.39 is 0 Å². The number of alkyl halides is 2. The summed E-state index contributed by atoms with van der Waals surface area (Å²) in [6.07, 6.45) is 0. The molecule has 1 aromatic carbocycles. The van der Waals surface area contributed by atoms with E-state index in [2.05, 4.69) is 0 Å². The Balaban J connectivity index is 2.77. The van der Waals surface area contributed by atoms with Crippen LogP contribution in [0.2, 0.25) is 0 Å². The van der Waals surface area contributed by atoms with E-state index in [0.29, 0.717) is 5.88 Å². The van der Waals surface area contributed by atoms with E-state index in [1.54, 1.807) is 7.11 Å². The first-order valence-corrected chi connectivity index (χ1v) is 4.59. The highest BCUT2D eigenvalue weighted by molar-refractivity contribution is 6.28. The lowest BCUT2D eigenvalue weighted by Crippen LogP contribution is -1.91. The van der Waals surface area contributed by atoms with Gasteiger partial charge in [0.05, 0.1) is 12.5 Å². The van der Waals surface area contributed by atoms with Gasteiger partial charge in [-0.25, -0.2) is 0 Å². The molecule has 0 aliphatic heterocycles. The van der Waals surface area contributed by atoms with Crippen LogP contribution in [0.1, 0.15) is 10.9 Å². The molecule has 0 spiro atoms. The molecule has 0 N–H and O–H groups in total. The summed E-state index contributed by atoms with van der Waals surface area (Å²) in [6, 6.07) is 7.58. The van der Waals surface area contributed by atoms with Crippen molar-refractivity contribution in [1.82, 2.24) is 0 Å². The average molecular weight is 205 g/mol. The van der Waals surface area contributed by atoms with Gasteiger partial charge < -0.3 is 4.74 Å². The summed E-state index contributed by atoms with van der Waals surface area (Å²) in [5, 5.41) is -0.113. The highest BCUT2D eigenvalue weighted by Crippen LogP contribution is 2.23. The Morgan fingerprint density at radius 3 is 2.33 bits per heavy atom. The Kier molecular flexibility index (Phi) is 3.70. The normalized spacial score (nSPS) is 12.6. The number of halogens is 2. The smallest absolute Gasteiger partial charge is 0.118 e. The molecule has 1 nitrogen and oxygen atoms in total. The highest BCUT2D eigenvalue weighted by Gasteiger charge is 2.04. The topological polar surface area (TPSA) is 9.23 Å². The first kappa shape index (κ1) is 9.69. The van der Waals surface area contributed by atoms with Crippen molar-refractivity contribution in [2.24, 2.45) is 0 Å². The SMILES string of the molecule is COc1ccc([C@@H](Cl)CCl)cc1. The first-order chi connectivity index (χ1) is 5.77. The molecule has 0 fully saturated rings. The van der Waals surface area contributed by atoms with Crippen molar-refractivity contribution in [3.05, 3.63) is 29.8 Å². The van der Waals surface area contributed by atoms with Crippen LogP contribution in [-0.2, 0) is 0 Å². The number of hydrogen-bond acceptors (Lipinski definition) is 1. The average Bonchev–Trinajstić information content (AvgIpc) is 2.17. The monoisotopic (exact) mass is 204 g/mol. The quantitative estimate of drug-likeness (QED) is 0.688. The van der Waals surface area contributed by atoms with Gasteiger partial charge in [0.15, 0.2) is 0 Å². The maximum Gasteiger partial charge on any atom is 0.118 e. The molecule has 0 radical (unpaired) electrons. The van der Waals surface area contributed by atoms with Crippen LogP contribution >= 0.6 is 23.2 Å². The second-order valence-electron chi connectivity index (χ2n) is 2.39. The minimum Gasteiger partial charge on any atom is -0.497 e. The minimum absolute atomic E-state index is 0.113. The maximum absolute atomic E-state index is 5.91. The van der Waals surface area contributed by atoms with Crippen molar-refractivity contribution in [1.29, 1.82) is 0 Å². The van der Waals surface area contributed by atoms with E-state index in [4.69, 9.17) is 27.9 Å². The van der Waals surface area contributed by atoms with Crippen molar-refractivity contribution in [2.75, 3.05) is 13.0 Å². The summed E-state index contributed by atoms with van der Waals surface area (Å²) >= 11 is 11.5. The van der Waals surface area contributed by atoms with Crippen LogP contribution < -0.4 is 4.74 Å². The number of ether oxygens (including phenoxy) is 1. The van der Waals surface area contributed by atoms with Crippen LogP contribution in [-0.4, -0.2) is 13.0 Å². The van der Waals surface area contributed by atoms with E-state index in [-0.39, 0.29) is 5.38 Å². The molecule has 0 saturated heterocycles. The molecule has 1 atom stereocenters. The maximum atomic E-state index is 5.91. The van der Waals surface area contributed by atoms with Gasteiger partial charge >= 0.3 is 0 Å². The molecular weight excluding hydrogens is 195 g/mol. The van der Waals surface area contributed by atoms with Gasteiger partial charge in [-0.1, -0.05) is 12.1 Å². The Bertz CT molecular complexity index is 233. The summed E-state index contributed by atoms with van der Waals surface area (Å²) < 4.78 is 5.01. The number of methoxy groups -OCH3 is 1. The Labute approximate surface area is 82.2 Å². The summed E-state index contributed by atoms with van der Waals surface area (Å²) in [5.41, 5.74) is 1.02. The van der Waals surface area contributed by atoms with Gasteiger partial charge in [-0.2, -0.15) is 0 Å². The van der Waals surface area contributed by atoms with E-state index >= 15 is 0 Å². The number of rotatable bonds is 3. The lowest BCUT2D eigenvalue weighted by molar-refractivity contribution is 0.414. The van der Waals surface area contributed by atoms with Gasteiger partial charge in [0.25, 0.3) is 0 Å². The van der Waals surface area contributed by atoms with Gasteiger partial charge in [-0.15, -0.1) is 23.2 Å². The molecule has 1 rings (SSSR count). The summed E-state index contributed by atoms with van der Waals surface area (Å²) in [7, 11) is 1.63. The fourth-order valence-electron chi connectivity index (χ4n) is 0.902. The molecule has 1 aromatic rings. The van der Waals surface area contributed by atoms with Crippen molar-refractivity contribution < 1.29 is 4.74 Å². The van der Waals surface area contributed by atoms with Crippen molar-refractivity contribution >= 4 is 23.2 Å². The molecule has 0 unspecified atom stereocenters. The van der Waals surface area contributed by atoms with Crippen molar-refractivity contribution in [2.45, 2.75) is 5.38 Å². The standard InChI is InChI=1S/C9H10Cl2O/c1-12-8-4-2-7(3-5-8)9(11)6-10/h2-5,9H,6H2,1H3/t9-/m0/s1. The van der Waals surface area contributed by atoms with Crippen LogP contribution in [0, 0.1) is 0 Å². The molecule has 3 heteroatoms. The zero-order valence-electron chi connectivity index (χ0n) is 6.76. The fraction of sp³-hybridized carbons (Fsp3) is 0.333. The zero-order chi connectivity index (χ0) is 8.97. The van der Waals surface area contributed by atoms with Crippen molar-refractivity contribution in [3.63, 3.8) is 0 Å². The Hall–Kier alpha value is -0.400. The van der Waals surface area contributed by atoms with Crippen LogP contribution in [0.15, 0.2) is 24.3 Å². The van der Waals surface area contributed by atoms with Gasteiger partial charge in [0.2, 0.25) is 0 Å². The van der Waals surface area contributed by atoms with Gasteiger partial charge in [0, 0.05) is 5.88 Å². The molecule has 0 aromatic heterocycles. The van der Waals surface area contributed by atoms with E-state index in [9.17, 15) is 0 Å². The number of hydrogen-bond donors (Lipinski definition) is 0. The third kappa shape index (κ3) is 2.29. The molecule has 0 saturated carbocycles. The van der Waals surface area contributed by atoms with Crippen LogP contribution in [0.4, 0.5) is 0 Å². The van der Waals surface area contributed by atoms with Crippen molar-refractivity contribution in [3.8, 4) is 5.75 Å². The summed E-state index contributed by atoms with van der Waals surface area (Å²) in [5.74, 6) is 1.26. The third-order valence-electron chi connectivity index (χ3n) is 1.61. The third-order valence-corrected chi connectivity index (χ3v) is 2.49. The van der Waals surface area contributed by atoms with Crippen LogP contribution in [0.25, 0.3) is 0 Å². The molecule has 66 valence electrons. The predicted octanol–water partition coefficient (Wildman–Crippen LogP) is 3.21. The summed E-state index contributed by atoms with van der Waals surface area (Å²) in [6.45, 7) is 0. The Morgan fingerprint density at radius 1 is 1.33 bits per heavy atom. The van der Waals surface area contributed by atoms with Gasteiger partial charge in [-0.3, -0.25) is 0 Å². The minimum atomic E-state index is -0.113. The van der Waals surface area contributed by atoms with Crippen LogP contribution in [0.5, 0.6) is 5.75 Å². The molecule has 0 aliphatic carbocycles. The second kappa shape index (κ2) is 4.58. The molecule has 0 bridgehead atoms. The largest absolute Gasteiger partial charge is 0.497 e. The zero-order valence-corrected chi connectivity index (χ0v) is 8.27. The number of benzene rings is 1. The molecule has 0 aliphatic rings. The molecular formula is C9H10Cl2O. The van der Waals surface area contributed by atoms with E-state index in [0.717, 1.165) is 11.3 Å². The lowest BCUT2D eigenvalue weighted by atomic mass is 10.1. The van der Waals surface area contributed by atoms with Gasteiger partial charge in [0.1, 0.15) is 5.75 Å². The second-order valence-corrected chi connectivity index (χ2v) is 3.23. The first-order valence-electron chi connectivity index (χ1n) is 3.62. The van der Waals surface area contributed by atoms with Gasteiger partial charge in [-0.05, 0) is 17.7 Å². The fourth-order valence-corrected chi connectivity index (χ4v) is 1.23. The molecule has 0 heterocycles. The van der Waals surface area contributed by atoms with E-state index in [1.165, 1.54) is 0 Å². The van der Waals surface area contributed by atoms with Crippen LogP contribution in [0.3, 0.4) is 0 Å². The molecule has 12 heavy (non-hydrogen) atoms. The Morgan fingerprint density at radius 2 is 1.92 bits per heavy atom. The highest BCUT2D eigenvalue weighted by atomic mass is 35.5. The summed E-state index contributed by atoms with van der Waals surface area (Å²) in [4.78, 5) is 0. The van der Waals surface area contributed by atoms with E-state index in [1.807, 2.05) is 24.3 Å². The predicted molar refractivity (Wildman–Crippen MR) is 52.3 cm³/mol. The lowest BCUT2D eigenvalue weighted by Gasteiger charge is -2.06.